The molecule has 0 bridgehead atoms. The number of hydrogen-bond donors (Lipinski definition) is 1. The van der Waals surface area contributed by atoms with Crippen LogP contribution in [0.2, 0.25) is 0 Å². The molecule has 1 aromatic carbocycles. The van der Waals surface area contributed by atoms with Crippen LogP contribution in [0.25, 0.3) is 0 Å². The second kappa shape index (κ2) is 5.34. The molecule has 4 heteroatoms. The lowest BCUT2D eigenvalue weighted by Gasteiger charge is -2.40. The standard InChI is InChI=1S/C17H24N2O2/c1-3-15-11-21-12(2)10-19(15)16(20)17(8-9-17)13-4-6-14(18)7-5-13/h4-7,12,15H,3,8-11,18H2,1-2H3. The van der Waals surface area contributed by atoms with Gasteiger partial charge in [0, 0.05) is 12.2 Å². The third kappa shape index (κ3) is 2.53. The Morgan fingerprint density at radius 3 is 2.62 bits per heavy atom. The predicted octanol–water partition coefficient (Wildman–Crippen LogP) is 2.33. The van der Waals surface area contributed by atoms with E-state index < -0.39 is 0 Å². The van der Waals surface area contributed by atoms with Crippen LogP contribution in [0, 0.1) is 0 Å². The van der Waals surface area contributed by atoms with Gasteiger partial charge < -0.3 is 15.4 Å². The van der Waals surface area contributed by atoms with E-state index in [0.717, 1.165) is 30.5 Å². The first-order valence-corrected chi connectivity index (χ1v) is 7.85. The number of nitrogens with two attached hydrogens (primary N) is 1. The number of morpholine rings is 1. The fourth-order valence-electron chi connectivity index (χ4n) is 3.26. The van der Waals surface area contributed by atoms with Gasteiger partial charge in [0.15, 0.2) is 0 Å². The molecule has 2 N–H and O–H groups in total. The third-order valence-corrected chi connectivity index (χ3v) is 4.82. The largest absolute Gasteiger partial charge is 0.399 e. The summed E-state index contributed by atoms with van der Waals surface area (Å²) in [5.74, 6) is 0.272. The average molecular weight is 288 g/mol. The van der Waals surface area contributed by atoms with Crippen LogP contribution in [-0.4, -0.2) is 36.1 Å². The average Bonchev–Trinajstić information content (AvgIpc) is 3.29. The van der Waals surface area contributed by atoms with Gasteiger partial charge in [0.05, 0.1) is 24.2 Å². The Bertz CT molecular complexity index is 522. The molecule has 2 atom stereocenters. The molecule has 1 saturated carbocycles. The molecule has 3 rings (SSSR count). The van der Waals surface area contributed by atoms with Gasteiger partial charge in [-0.2, -0.15) is 0 Å². The maximum atomic E-state index is 13.1. The van der Waals surface area contributed by atoms with Gasteiger partial charge >= 0.3 is 0 Å². The summed E-state index contributed by atoms with van der Waals surface area (Å²) in [6, 6.07) is 8.00. The summed E-state index contributed by atoms with van der Waals surface area (Å²) in [6.45, 7) is 5.51. The lowest BCUT2D eigenvalue weighted by Crippen LogP contribution is -2.54. The maximum Gasteiger partial charge on any atom is 0.233 e. The summed E-state index contributed by atoms with van der Waals surface area (Å²) < 4.78 is 5.71. The van der Waals surface area contributed by atoms with Gasteiger partial charge in [-0.25, -0.2) is 0 Å². The smallest absolute Gasteiger partial charge is 0.233 e. The Kier molecular flexibility index (Phi) is 3.66. The summed E-state index contributed by atoms with van der Waals surface area (Å²) in [6.07, 6.45) is 2.95. The molecule has 2 fully saturated rings. The van der Waals surface area contributed by atoms with Crippen molar-refractivity contribution in [3.63, 3.8) is 0 Å². The maximum absolute atomic E-state index is 13.1. The van der Waals surface area contributed by atoms with Crippen LogP contribution in [0.5, 0.6) is 0 Å². The monoisotopic (exact) mass is 288 g/mol. The van der Waals surface area contributed by atoms with E-state index in [2.05, 4.69) is 11.8 Å². The van der Waals surface area contributed by atoms with Gasteiger partial charge in [0.1, 0.15) is 0 Å². The second-order valence-electron chi connectivity index (χ2n) is 6.37. The number of carbonyl (C=O) groups is 1. The van der Waals surface area contributed by atoms with Crippen LogP contribution in [0.3, 0.4) is 0 Å². The Labute approximate surface area is 126 Å². The lowest BCUT2D eigenvalue weighted by molar-refractivity contribution is -0.147. The fourth-order valence-corrected chi connectivity index (χ4v) is 3.26. The number of anilines is 1. The molecular formula is C17H24N2O2. The van der Waals surface area contributed by atoms with E-state index in [1.807, 2.05) is 31.2 Å². The third-order valence-electron chi connectivity index (χ3n) is 4.82. The topological polar surface area (TPSA) is 55.6 Å². The molecule has 2 unspecified atom stereocenters. The van der Waals surface area contributed by atoms with Gasteiger partial charge in [-0.3, -0.25) is 4.79 Å². The van der Waals surface area contributed by atoms with Crippen LogP contribution in [0.1, 0.15) is 38.7 Å². The number of carbonyl (C=O) groups excluding carboxylic acids is 1. The highest BCUT2D eigenvalue weighted by molar-refractivity contribution is 5.91. The van der Waals surface area contributed by atoms with E-state index in [-0.39, 0.29) is 23.5 Å². The van der Waals surface area contributed by atoms with Crippen molar-refractivity contribution in [2.24, 2.45) is 0 Å². The van der Waals surface area contributed by atoms with Crippen molar-refractivity contribution in [2.75, 3.05) is 18.9 Å². The summed E-state index contributed by atoms with van der Waals surface area (Å²) in [5.41, 5.74) is 7.30. The van der Waals surface area contributed by atoms with Crippen LogP contribution in [-0.2, 0) is 14.9 Å². The van der Waals surface area contributed by atoms with Gasteiger partial charge in [-0.05, 0) is 43.9 Å². The van der Waals surface area contributed by atoms with Crippen molar-refractivity contribution in [3.05, 3.63) is 29.8 Å². The minimum absolute atomic E-state index is 0.124. The van der Waals surface area contributed by atoms with Crippen molar-refractivity contribution in [3.8, 4) is 0 Å². The van der Waals surface area contributed by atoms with Crippen molar-refractivity contribution in [1.82, 2.24) is 4.90 Å². The molecule has 1 aromatic rings. The quantitative estimate of drug-likeness (QED) is 0.869. The summed E-state index contributed by atoms with van der Waals surface area (Å²) in [7, 11) is 0. The van der Waals surface area contributed by atoms with Gasteiger partial charge in [-0.1, -0.05) is 19.1 Å². The Morgan fingerprint density at radius 2 is 2.05 bits per heavy atom. The highest BCUT2D eigenvalue weighted by atomic mass is 16.5. The normalized spacial score (nSPS) is 27.4. The summed E-state index contributed by atoms with van der Waals surface area (Å²) in [4.78, 5) is 15.2. The zero-order valence-electron chi connectivity index (χ0n) is 12.8. The zero-order valence-corrected chi connectivity index (χ0v) is 12.8. The molecule has 0 aromatic heterocycles. The highest BCUT2D eigenvalue weighted by Gasteiger charge is 2.54. The van der Waals surface area contributed by atoms with Crippen molar-refractivity contribution >= 4 is 11.6 Å². The van der Waals surface area contributed by atoms with E-state index in [0.29, 0.717) is 13.2 Å². The predicted molar refractivity (Wildman–Crippen MR) is 83.0 cm³/mol. The first-order chi connectivity index (χ1) is 10.1. The van der Waals surface area contributed by atoms with Crippen LogP contribution >= 0.6 is 0 Å². The first-order valence-electron chi connectivity index (χ1n) is 7.85. The van der Waals surface area contributed by atoms with E-state index in [1.165, 1.54) is 0 Å². The lowest BCUT2D eigenvalue weighted by atomic mass is 9.92. The highest BCUT2D eigenvalue weighted by Crippen LogP contribution is 2.50. The number of nitrogen functional groups attached to an aromatic ring is 1. The van der Waals surface area contributed by atoms with Crippen molar-refractivity contribution in [2.45, 2.75) is 50.7 Å². The van der Waals surface area contributed by atoms with E-state index in [4.69, 9.17) is 10.5 Å². The number of ether oxygens (including phenoxy) is 1. The molecule has 2 aliphatic rings. The SMILES string of the molecule is CCC1COC(C)CN1C(=O)C1(c2ccc(N)cc2)CC1. The molecule has 1 aliphatic heterocycles. The van der Waals surface area contributed by atoms with Crippen molar-refractivity contribution < 1.29 is 9.53 Å². The molecule has 0 spiro atoms. The first kappa shape index (κ1) is 14.4. The number of hydrogen-bond acceptors (Lipinski definition) is 3. The summed E-state index contributed by atoms with van der Waals surface area (Å²) >= 11 is 0. The molecule has 21 heavy (non-hydrogen) atoms. The molecule has 0 radical (unpaired) electrons. The molecule has 1 aliphatic carbocycles. The molecule has 4 nitrogen and oxygen atoms in total. The van der Waals surface area contributed by atoms with E-state index >= 15 is 0 Å². The zero-order chi connectivity index (χ0) is 15.0. The Balaban J connectivity index is 1.84. The minimum atomic E-state index is -0.307. The van der Waals surface area contributed by atoms with E-state index in [1.54, 1.807) is 0 Å². The van der Waals surface area contributed by atoms with Gasteiger partial charge in [0.2, 0.25) is 5.91 Å². The number of nitrogens with zero attached hydrogens (tertiary/aromatic N) is 1. The number of amides is 1. The molecule has 1 amide bonds. The summed E-state index contributed by atoms with van der Waals surface area (Å²) in [5, 5.41) is 0. The van der Waals surface area contributed by atoms with Crippen LogP contribution in [0.15, 0.2) is 24.3 Å². The Hall–Kier alpha value is -1.55. The van der Waals surface area contributed by atoms with Gasteiger partial charge in [-0.15, -0.1) is 0 Å². The van der Waals surface area contributed by atoms with E-state index in [9.17, 15) is 4.79 Å². The van der Waals surface area contributed by atoms with Gasteiger partial charge in [0.25, 0.3) is 0 Å². The number of benzene rings is 1. The minimum Gasteiger partial charge on any atom is -0.399 e. The molecule has 1 saturated heterocycles. The fraction of sp³-hybridized carbons (Fsp3) is 0.588. The van der Waals surface area contributed by atoms with Crippen LogP contribution in [0.4, 0.5) is 5.69 Å². The Morgan fingerprint density at radius 1 is 1.38 bits per heavy atom. The van der Waals surface area contributed by atoms with Crippen LogP contribution < -0.4 is 5.73 Å². The number of rotatable bonds is 3. The molecule has 114 valence electrons. The molecule has 1 heterocycles. The molecular weight excluding hydrogens is 264 g/mol. The van der Waals surface area contributed by atoms with Crippen molar-refractivity contribution in [1.29, 1.82) is 0 Å². The second-order valence-corrected chi connectivity index (χ2v) is 6.37.